The number of carbonyl (C=O) groups is 2. The van der Waals surface area contributed by atoms with Crippen LogP contribution in [0, 0.1) is 6.92 Å². The van der Waals surface area contributed by atoms with E-state index >= 15 is 0 Å². The molecule has 7 nitrogen and oxygen atoms in total. The number of nitrogens with two attached hydrogens (primary N) is 1. The number of carbonyl (C=O) groups excluding carboxylic acids is 2. The van der Waals surface area contributed by atoms with Gasteiger partial charge in [-0.15, -0.1) is 0 Å². The Balaban J connectivity index is 2.56. The van der Waals surface area contributed by atoms with Gasteiger partial charge in [0.1, 0.15) is 5.76 Å². The van der Waals surface area contributed by atoms with Crippen LogP contribution in [-0.2, 0) is 11.3 Å². The number of hydrogen-bond donors (Lipinski definition) is 3. The molecule has 0 aromatic carbocycles. The van der Waals surface area contributed by atoms with Crippen molar-refractivity contribution in [3.05, 3.63) is 23.2 Å². The number of nitrogen functional groups attached to an aromatic ring is 1. The minimum atomic E-state index is -0.461. The van der Waals surface area contributed by atoms with Crippen LogP contribution in [0.15, 0.2) is 10.5 Å². The molecule has 0 atom stereocenters. The molecule has 0 aliphatic heterocycles. The SMILES string of the molecule is CCCNC(=O)CN(C)Cc1cc(C)c(C(=O)NN)o1. The molecule has 1 rings (SSSR count). The summed E-state index contributed by atoms with van der Waals surface area (Å²) in [6.45, 7) is 5.16. The third-order valence-electron chi connectivity index (χ3n) is 2.72. The van der Waals surface area contributed by atoms with Crippen LogP contribution in [0.5, 0.6) is 0 Å². The quantitative estimate of drug-likeness (QED) is 0.375. The lowest BCUT2D eigenvalue weighted by Gasteiger charge is -2.14. The average Bonchev–Trinajstić information content (AvgIpc) is 2.75. The molecular weight excluding hydrogens is 260 g/mol. The number of hydrazine groups is 1. The van der Waals surface area contributed by atoms with Crippen LogP contribution in [0.1, 0.15) is 35.2 Å². The van der Waals surface area contributed by atoms with Crippen LogP contribution < -0.4 is 16.6 Å². The summed E-state index contributed by atoms with van der Waals surface area (Å²) >= 11 is 0. The third-order valence-corrected chi connectivity index (χ3v) is 2.72. The zero-order chi connectivity index (χ0) is 15.1. The Morgan fingerprint density at radius 2 is 2.15 bits per heavy atom. The van der Waals surface area contributed by atoms with E-state index in [-0.39, 0.29) is 18.2 Å². The van der Waals surface area contributed by atoms with Crippen LogP contribution in [0.2, 0.25) is 0 Å². The zero-order valence-electron chi connectivity index (χ0n) is 12.2. The normalized spacial score (nSPS) is 10.7. The fourth-order valence-electron chi connectivity index (χ4n) is 1.80. The maximum absolute atomic E-state index is 11.6. The van der Waals surface area contributed by atoms with Crippen LogP contribution in [0.4, 0.5) is 0 Å². The summed E-state index contributed by atoms with van der Waals surface area (Å²) in [5.74, 6) is 5.40. The Kier molecular flexibility index (Phi) is 6.20. The highest BCUT2D eigenvalue weighted by molar-refractivity contribution is 5.92. The number of nitrogens with zero attached hydrogens (tertiary/aromatic N) is 1. The summed E-state index contributed by atoms with van der Waals surface area (Å²) in [5, 5.41) is 2.80. The average molecular weight is 282 g/mol. The van der Waals surface area contributed by atoms with Gasteiger partial charge in [-0.2, -0.15) is 0 Å². The molecular formula is C13H22N4O3. The van der Waals surface area contributed by atoms with Crippen LogP contribution in [0.3, 0.4) is 0 Å². The maximum atomic E-state index is 11.6. The molecule has 0 bridgehead atoms. The van der Waals surface area contributed by atoms with Gasteiger partial charge in [0, 0.05) is 12.1 Å². The molecule has 2 amide bonds. The second kappa shape index (κ2) is 7.66. The lowest BCUT2D eigenvalue weighted by atomic mass is 10.2. The van der Waals surface area contributed by atoms with Crippen molar-refractivity contribution in [3.8, 4) is 0 Å². The first-order chi connectivity index (χ1) is 9.47. The van der Waals surface area contributed by atoms with Crippen LogP contribution in [0.25, 0.3) is 0 Å². The van der Waals surface area contributed by atoms with Gasteiger partial charge in [0.25, 0.3) is 0 Å². The smallest absolute Gasteiger partial charge is 0.301 e. The fraction of sp³-hybridized carbons (Fsp3) is 0.538. The Morgan fingerprint density at radius 1 is 1.45 bits per heavy atom. The highest BCUT2D eigenvalue weighted by Gasteiger charge is 2.16. The number of aryl methyl sites for hydroxylation is 1. The van der Waals surface area contributed by atoms with Gasteiger partial charge in [0.15, 0.2) is 5.76 Å². The van der Waals surface area contributed by atoms with Crippen LogP contribution >= 0.6 is 0 Å². The highest BCUT2D eigenvalue weighted by atomic mass is 16.4. The van der Waals surface area contributed by atoms with Crippen molar-refractivity contribution in [1.82, 2.24) is 15.6 Å². The van der Waals surface area contributed by atoms with Gasteiger partial charge in [-0.3, -0.25) is 19.9 Å². The van der Waals surface area contributed by atoms with E-state index in [4.69, 9.17) is 10.3 Å². The molecule has 20 heavy (non-hydrogen) atoms. The van der Waals surface area contributed by atoms with Crippen molar-refractivity contribution >= 4 is 11.8 Å². The Labute approximate surface area is 118 Å². The predicted octanol–water partition coefficient (Wildman–Crippen LogP) is 0.150. The summed E-state index contributed by atoms with van der Waals surface area (Å²) in [4.78, 5) is 24.8. The molecule has 112 valence electrons. The molecule has 7 heteroatoms. The van der Waals surface area contributed by atoms with E-state index in [1.807, 2.05) is 24.3 Å². The standard InChI is InChI=1S/C13H22N4O3/c1-4-5-15-11(18)8-17(3)7-10-6-9(2)12(20-10)13(19)16-14/h6H,4-5,7-8,14H2,1-3H3,(H,15,18)(H,16,19). The van der Waals surface area contributed by atoms with E-state index in [1.165, 1.54) is 0 Å². The molecule has 1 aromatic heterocycles. The zero-order valence-corrected chi connectivity index (χ0v) is 12.2. The number of hydrogen-bond acceptors (Lipinski definition) is 5. The van der Waals surface area contributed by atoms with Crippen molar-refractivity contribution in [2.75, 3.05) is 20.1 Å². The first-order valence-electron chi connectivity index (χ1n) is 6.53. The van der Waals surface area contributed by atoms with Gasteiger partial charge >= 0.3 is 5.91 Å². The summed E-state index contributed by atoms with van der Waals surface area (Å²) in [6.07, 6.45) is 0.907. The molecule has 4 N–H and O–H groups in total. The molecule has 0 saturated carbocycles. The monoisotopic (exact) mass is 282 g/mol. The number of likely N-dealkylation sites (N-methyl/N-ethyl adjacent to an activating group) is 1. The Bertz CT molecular complexity index is 470. The van der Waals surface area contributed by atoms with Crippen molar-refractivity contribution < 1.29 is 14.0 Å². The molecule has 1 heterocycles. The lowest BCUT2D eigenvalue weighted by Crippen LogP contribution is -2.35. The second-order valence-electron chi connectivity index (χ2n) is 4.72. The highest BCUT2D eigenvalue weighted by Crippen LogP contribution is 2.15. The summed E-state index contributed by atoms with van der Waals surface area (Å²) in [6, 6.07) is 1.77. The van der Waals surface area contributed by atoms with Gasteiger partial charge in [0.05, 0.1) is 13.1 Å². The van der Waals surface area contributed by atoms with E-state index in [1.54, 1.807) is 13.0 Å². The number of nitrogens with one attached hydrogen (secondary N) is 2. The molecule has 0 radical (unpaired) electrons. The van der Waals surface area contributed by atoms with E-state index in [9.17, 15) is 9.59 Å². The van der Waals surface area contributed by atoms with E-state index in [0.717, 1.165) is 6.42 Å². The van der Waals surface area contributed by atoms with Gasteiger partial charge in [-0.05, 0) is 26.5 Å². The summed E-state index contributed by atoms with van der Waals surface area (Å²) in [5.41, 5.74) is 2.75. The van der Waals surface area contributed by atoms with Crippen LogP contribution in [-0.4, -0.2) is 36.9 Å². The van der Waals surface area contributed by atoms with E-state index in [0.29, 0.717) is 24.4 Å². The largest absolute Gasteiger partial charge is 0.454 e. The summed E-state index contributed by atoms with van der Waals surface area (Å²) < 4.78 is 5.44. The molecule has 0 saturated heterocycles. The van der Waals surface area contributed by atoms with Gasteiger partial charge < -0.3 is 9.73 Å². The van der Waals surface area contributed by atoms with Crippen molar-refractivity contribution in [3.63, 3.8) is 0 Å². The van der Waals surface area contributed by atoms with E-state index < -0.39 is 5.91 Å². The van der Waals surface area contributed by atoms with E-state index in [2.05, 4.69) is 5.32 Å². The number of amides is 2. The molecule has 0 spiro atoms. The van der Waals surface area contributed by atoms with Gasteiger partial charge in [-0.1, -0.05) is 6.92 Å². The topological polar surface area (TPSA) is 101 Å². The number of rotatable bonds is 7. The van der Waals surface area contributed by atoms with Crippen molar-refractivity contribution in [2.45, 2.75) is 26.8 Å². The lowest BCUT2D eigenvalue weighted by molar-refractivity contribution is -0.122. The first kappa shape index (κ1) is 16.2. The van der Waals surface area contributed by atoms with Gasteiger partial charge in [0.2, 0.25) is 5.91 Å². The fourth-order valence-corrected chi connectivity index (χ4v) is 1.80. The third kappa shape index (κ3) is 4.67. The summed E-state index contributed by atoms with van der Waals surface area (Å²) in [7, 11) is 1.81. The molecule has 0 unspecified atom stereocenters. The van der Waals surface area contributed by atoms with Crippen molar-refractivity contribution in [1.29, 1.82) is 0 Å². The molecule has 0 aliphatic carbocycles. The Hall–Kier alpha value is -1.86. The molecule has 0 aliphatic rings. The minimum Gasteiger partial charge on any atom is -0.454 e. The van der Waals surface area contributed by atoms with Crippen molar-refractivity contribution in [2.24, 2.45) is 5.84 Å². The minimum absolute atomic E-state index is 0.0300. The molecule has 0 fully saturated rings. The second-order valence-corrected chi connectivity index (χ2v) is 4.72. The number of furan rings is 1. The van der Waals surface area contributed by atoms with Gasteiger partial charge in [-0.25, -0.2) is 5.84 Å². The predicted molar refractivity (Wildman–Crippen MR) is 74.7 cm³/mol. The Morgan fingerprint density at radius 3 is 2.75 bits per heavy atom. The molecule has 1 aromatic rings. The first-order valence-corrected chi connectivity index (χ1v) is 6.53. The maximum Gasteiger partial charge on any atom is 0.301 e.